The molecule has 3 N–H and O–H groups in total. The minimum Gasteiger partial charge on any atom is -0.366 e. The van der Waals surface area contributed by atoms with Gasteiger partial charge in [-0.15, -0.1) is 0 Å². The maximum Gasteiger partial charge on any atom is 0.302 e. The Labute approximate surface area is 48.4 Å². The van der Waals surface area contributed by atoms with Gasteiger partial charge in [0.1, 0.15) is 6.61 Å². The SMILES string of the molecule is O=S(O)OCC(O)O. The van der Waals surface area contributed by atoms with Crippen LogP contribution in [0.1, 0.15) is 0 Å². The van der Waals surface area contributed by atoms with Crippen molar-refractivity contribution in [3.05, 3.63) is 0 Å². The lowest BCUT2D eigenvalue weighted by molar-refractivity contribution is -0.0671. The van der Waals surface area contributed by atoms with Gasteiger partial charge in [-0.25, -0.2) is 0 Å². The molecule has 50 valence electrons. The molecule has 0 amide bonds. The largest absolute Gasteiger partial charge is 0.366 e. The summed E-state index contributed by atoms with van der Waals surface area (Å²) in [5, 5.41) is 16.0. The monoisotopic (exact) mass is 142 g/mol. The van der Waals surface area contributed by atoms with Crippen LogP contribution in [-0.4, -0.2) is 31.9 Å². The van der Waals surface area contributed by atoms with Gasteiger partial charge in [0.2, 0.25) is 0 Å². The summed E-state index contributed by atoms with van der Waals surface area (Å²) in [6, 6.07) is 0. The summed E-state index contributed by atoms with van der Waals surface area (Å²) in [7, 11) is 0. The van der Waals surface area contributed by atoms with Gasteiger partial charge < -0.3 is 10.2 Å². The lowest BCUT2D eigenvalue weighted by Gasteiger charge is -1.98. The van der Waals surface area contributed by atoms with Gasteiger partial charge in [-0.2, -0.15) is 4.21 Å². The van der Waals surface area contributed by atoms with E-state index in [2.05, 4.69) is 4.18 Å². The molecule has 0 aliphatic rings. The molecule has 0 rings (SSSR count). The number of aliphatic hydroxyl groups is 2. The maximum atomic E-state index is 9.57. The van der Waals surface area contributed by atoms with Gasteiger partial charge in [-0.3, -0.25) is 8.74 Å². The lowest BCUT2D eigenvalue weighted by atomic mass is 10.7. The highest BCUT2D eigenvalue weighted by Gasteiger charge is 1.98. The van der Waals surface area contributed by atoms with Crippen LogP contribution < -0.4 is 0 Å². The predicted molar refractivity (Wildman–Crippen MR) is 24.9 cm³/mol. The Morgan fingerprint density at radius 2 is 2.12 bits per heavy atom. The molecule has 5 nitrogen and oxygen atoms in total. The van der Waals surface area contributed by atoms with Crippen molar-refractivity contribution in [2.45, 2.75) is 6.29 Å². The van der Waals surface area contributed by atoms with Crippen molar-refractivity contribution in [1.82, 2.24) is 0 Å². The van der Waals surface area contributed by atoms with Crippen LogP contribution in [0.25, 0.3) is 0 Å². The van der Waals surface area contributed by atoms with Crippen molar-refractivity contribution in [3.8, 4) is 0 Å². The summed E-state index contributed by atoms with van der Waals surface area (Å²) in [4.78, 5) is 0. The molecular weight excluding hydrogens is 136 g/mol. The highest BCUT2D eigenvalue weighted by molar-refractivity contribution is 7.74. The molecule has 0 aliphatic heterocycles. The molecule has 0 saturated carbocycles. The average Bonchev–Trinajstić information content (AvgIpc) is 1.61. The fourth-order valence-corrected chi connectivity index (χ4v) is 0.357. The third kappa shape index (κ3) is 5.99. The zero-order chi connectivity index (χ0) is 6.57. The van der Waals surface area contributed by atoms with Crippen LogP contribution in [0.3, 0.4) is 0 Å². The minimum absolute atomic E-state index is 0.552. The van der Waals surface area contributed by atoms with E-state index in [-0.39, 0.29) is 0 Å². The van der Waals surface area contributed by atoms with E-state index in [9.17, 15) is 4.21 Å². The first-order valence-electron chi connectivity index (χ1n) is 1.73. The summed E-state index contributed by atoms with van der Waals surface area (Å²) in [6.07, 6.45) is -1.69. The van der Waals surface area contributed by atoms with Crippen LogP contribution in [-0.2, 0) is 15.5 Å². The molecule has 6 heteroatoms. The standard InChI is InChI=1S/C2H6O5S/c3-2(4)1-7-8(5)6/h2-4H,1H2,(H,5,6). The molecule has 0 spiro atoms. The first-order chi connectivity index (χ1) is 3.63. The van der Waals surface area contributed by atoms with Gasteiger partial charge in [-0.1, -0.05) is 0 Å². The fraction of sp³-hybridized carbons (Fsp3) is 1.00. The molecule has 0 aliphatic carbocycles. The van der Waals surface area contributed by atoms with Crippen LogP contribution in [0.2, 0.25) is 0 Å². The quantitative estimate of drug-likeness (QED) is 0.328. The van der Waals surface area contributed by atoms with Gasteiger partial charge in [0.25, 0.3) is 0 Å². The molecule has 0 aromatic rings. The van der Waals surface area contributed by atoms with Crippen molar-refractivity contribution in [3.63, 3.8) is 0 Å². The zero-order valence-electron chi connectivity index (χ0n) is 3.85. The molecule has 0 radical (unpaired) electrons. The first kappa shape index (κ1) is 7.99. The van der Waals surface area contributed by atoms with Crippen molar-refractivity contribution in [2.24, 2.45) is 0 Å². The average molecular weight is 142 g/mol. The number of rotatable bonds is 3. The van der Waals surface area contributed by atoms with Crippen LogP contribution in [0, 0.1) is 0 Å². The van der Waals surface area contributed by atoms with E-state index in [0.29, 0.717) is 0 Å². The maximum absolute atomic E-state index is 9.57. The van der Waals surface area contributed by atoms with Gasteiger partial charge in [0.15, 0.2) is 6.29 Å². The molecule has 8 heavy (non-hydrogen) atoms. The molecule has 0 fully saturated rings. The molecule has 0 bridgehead atoms. The Bertz CT molecular complexity index is 80.5. The Balaban J connectivity index is 3.05. The molecule has 0 heterocycles. The first-order valence-corrected chi connectivity index (χ1v) is 2.76. The highest BCUT2D eigenvalue weighted by Crippen LogP contribution is 1.80. The van der Waals surface area contributed by atoms with Crippen LogP contribution in [0.15, 0.2) is 0 Å². The molecular formula is C2H6O5S. The smallest absolute Gasteiger partial charge is 0.302 e. The Morgan fingerprint density at radius 3 is 2.25 bits per heavy atom. The highest BCUT2D eigenvalue weighted by atomic mass is 32.2. The lowest BCUT2D eigenvalue weighted by Crippen LogP contribution is -2.14. The molecule has 1 atom stereocenters. The van der Waals surface area contributed by atoms with Crippen molar-refractivity contribution < 1.29 is 23.2 Å². The summed E-state index contributed by atoms with van der Waals surface area (Å²) >= 11 is -2.41. The Hall–Kier alpha value is -0.0100. The summed E-state index contributed by atoms with van der Waals surface area (Å²) < 4.78 is 21.2. The van der Waals surface area contributed by atoms with E-state index < -0.39 is 24.3 Å². The van der Waals surface area contributed by atoms with Gasteiger partial charge in [0, 0.05) is 0 Å². The summed E-state index contributed by atoms with van der Waals surface area (Å²) in [6.45, 7) is -0.552. The minimum atomic E-state index is -2.41. The second-order valence-corrected chi connectivity index (χ2v) is 1.65. The second-order valence-electron chi connectivity index (χ2n) is 0.982. The van der Waals surface area contributed by atoms with Gasteiger partial charge >= 0.3 is 11.4 Å². The molecule has 0 saturated heterocycles. The normalized spacial score (nSPS) is 14.5. The van der Waals surface area contributed by atoms with Gasteiger partial charge in [0.05, 0.1) is 0 Å². The van der Waals surface area contributed by atoms with E-state index in [1.54, 1.807) is 0 Å². The second kappa shape index (κ2) is 3.93. The molecule has 1 unspecified atom stereocenters. The summed E-state index contributed by atoms with van der Waals surface area (Å²) in [5.74, 6) is 0. The topological polar surface area (TPSA) is 87.0 Å². The third-order valence-corrected chi connectivity index (χ3v) is 0.656. The van der Waals surface area contributed by atoms with E-state index in [1.165, 1.54) is 0 Å². The Morgan fingerprint density at radius 1 is 1.62 bits per heavy atom. The summed E-state index contributed by atoms with van der Waals surface area (Å²) in [5.41, 5.74) is 0. The number of hydrogen-bond donors (Lipinski definition) is 3. The van der Waals surface area contributed by atoms with Crippen LogP contribution in [0.4, 0.5) is 0 Å². The Kier molecular flexibility index (Phi) is 3.92. The van der Waals surface area contributed by atoms with Gasteiger partial charge in [-0.05, 0) is 0 Å². The van der Waals surface area contributed by atoms with E-state index in [4.69, 9.17) is 14.8 Å². The van der Waals surface area contributed by atoms with Crippen LogP contribution >= 0.6 is 0 Å². The van der Waals surface area contributed by atoms with E-state index in [1.807, 2.05) is 0 Å². The van der Waals surface area contributed by atoms with E-state index >= 15 is 0 Å². The zero-order valence-corrected chi connectivity index (χ0v) is 4.67. The number of hydrogen-bond acceptors (Lipinski definition) is 4. The molecule has 0 aromatic heterocycles. The van der Waals surface area contributed by atoms with E-state index in [0.717, 1.165) is 0 Å². The van der Waals surface area contributed by atoms with Crippen molar-refractivity contribution in [2.75, 3.05) is 6.61 Å². The third-order valence-electron chi connectivity index (χ3n) is 0.318. The predicted octanol–water partition coefficient (Wildman–Crippen LogP) is -1.55. The van der Waals surface area contributed by atoms with Crippen molar-refractivity contribution >= 4 is 11.4 Å². The molecule has 0 aromatic carbocycles. The number of aliphatic hydroxyl groups excluding tert-OH is 1. The van der Waals surface area contributed by atoms with Crippen molar-refractivity contribution in [1.29, 1.82) is 0 Å². The van der Waals surface area contributed by atoms with Crippen LogP contribution in [0.5, 0.6) is 0 Å². The fourth-order valence-electron chi connectivity index (χ4n) is 0.119.